The van der Waals surface area contributed by atoms with Crippen molar-refractivity contribution in [2.45, 2.75) is 25.0 Å². The molecule has 2 aromatic heterocycles. The fourth-order valence-corrected chi connectivity index (χ4v) is 3.67. The maximum absolute atomic E-state index is 12.5. The van der Waals surface area contributed by atoms with Gasteiger partial charge in [-0.1, -0.05) is 24.2 Å². The van der Waals surface area contributed by atoms with E-state index < -0.39 is 10.0 Å². The molecule has 0 spiro atoms. The molecule has 1 aromatic carbocycles. The first-order valence-electron chi connectivity index (χ1n) is 7.03. The summed E-state index contributed by atoms with van der Waals surface area (Å²) in [6.45, 7) is 2.01. The molecule has 0 aliphatic carbocycles. The Morgan fingerprint density at radius 2 is 2.12 bits per heavy atom. The van der Waals surface area contributed by atoms with Crippen LogP contribution in [0.4, 0.5) is 5.69 Å². The Bertz CT molecular complexity index is 907. The van der Waals surface area contributed by atoms with E-state index in [0.717, 1.165) is 5.69 Å². The van der Waals surface area contributed by atoms with Crippen LogP contribution in [-0.2, 0) is 23.1 Å². The summed E-state index contributed by atoms with van der Waals surface area (Å²) in [5, 5.41) is 8.72. The molecule has 1 N–H and O–H groups in total. The first-order chi connectivity index (χ1) is 11.6. The Kier molecular flexibility index (Phi) is 4.76. The zero-order chi connectivity index (χ0) is 17.0. The minimum atomic E-state index is -3.92. The number of aromatic nitrogens is 3. The number of nitrogens with zero attached hydrogens (tertiary/aromatic N) is 3. The third-order valence-electron chi connectivity index (χ3n) is 3.10. The van der Waals surface area contributed by atoms with Crippen LogP contribution >= 0.6 is 11.3 Å². The first kappa shape index (κ1) is 16.4. The van der Waals surface area contributed by atoms with Crippen molar-refractivity contribution in [1.29, 1.82) is 0 Å². The highest BCUT2D eigenvalue weighted by Gasteiger charge is 2.25. The van der Waals surface area contributed by atoms with Gasteiger partial charge in [-0.15, -0.1) is 11.3 Å². The van der Waals surface area contributed by atoms with E-state index >= 15 is 0 Å². The summed E-state index contributed by atoms with van der Waals surface area (Å²) in [7, 11) is -3.92. The second-order valence-electron chi connectivity index (χ2n) is 4.74. The highest BCUT2D eigenvalue weighted by Crippen LogP contribution is 2.27. The number of benzene rings is 1. The van der Waals surface area contributed by atoms with Crippen LogP contribution in [0.15, 0.2) is 44.8 Å². The maximum atomic E-state index is 12.5. The maximum Gasteiger partial charge on any atom is 0.285 e. The molecule has 0 aliphatic heterocycles. The van der Waals surface area contributed by atoms with Gasteiger partial charge in [-0.3, -0.25) is 4.72 Å². The fourth-order valence-electron chi connectivity index (χ4n) is 1.95. The van der Waals surface area contributed by atoms with E-state index in [0.29, 0.717) is 17.9 Å². The standard InChI is InChI=1S/C14H14N4O4S2/c1-2-11-14(17-22-16-11)24(19,20)18-12-5-3-4-6-13(12)21-7-10-8-23-9-15-10/h3-6,8-9,18H,2,7H2,1H3. The number of thiazole rings is 1. The van der Waals surface area contributed by atoms with Crippen molar-refractivity contribution in [2.24, 2.45) is 0 Å². The van der Waals surface area contributed by atoms with Gasteiger partial charge < -0.3 is 4.74 Å². The molecule has 0 radical (unpaired) electrons. The fraction of sp³-hybridized carbons (Fsp3) is 0.214. The number of aryl methyl sites for hydroxylation is 1. The molecule has 8 nitrogen and oxygen atoms in total. The molecular weight excluding hydrogens is 352 g/mol. The molecule has 3 rings (SSSR count). The molecule has 2 heterocycles. The van der Waals surface area contributed by atoms with Crippen molar-refractivity contribution in [3.63, 3.8) is 0 Å². The van der Waals surface area contributed by atoms with Crippen molar-refractivity contribution in [2.75, 3.05) is 4.72 Å². The molecule has 0 amide bonds. The molecule has 0 aliphatic rings. The summed E-state index contributed by atoms with van der Waals surface area (Å²) in [5.74, 6) is 0.392. The van der Waals surface area contributed by atoms with E-state index in [1.165, 1.54) is 11.3 Å². The molecule has 0 atom stereocenters. The van der Waals surface area contributed by atoms with E-state index in [1.807, 2.05) is 5.38 Å². The molecule has 126 valence electrons. The average Bonchev–Trinajstić information content (AvgIpc) is 3.25. The predicted octanol–water partition coefficient (Wildman–Crippen LogP) is 2.47. The molecule has 0 saturated carbocycles. The minimum absolute atomic E-state index is 0.223. The van der Waals surface area contributed by atoms with Gasteiger partial charge >= 0.3 is 0 Å². The lowest BCUT2D eigenvalue weighted by molar-refractivity contribution is 0.295. The molecular formula is C14H14N4O4S2. The minimum Gasteiger partial charge on any atom is -0.485 e. The number of hydrogen-bond acceptors (Lipinski definition) is 8. The average molecular weight is 366 g/mol. The molecule has 10 heteroatoms. The second-order valence-corrected chi connectivity index (χ2v) is 7.06. The van der Waals surface area contributed by atoms with Crippen LogP contribution in [0.2, 0.25) is 0 Å². The van der Waals surface area contributed by atoms with Gasteiger partial charge in [0.2, 0.25) is 5.03 Å². The lowest BCUT2D eigenvalue weighted by Gasteiger charge is -2.12. The van der Waals surface area contributed by atoms with Gasteiger partial charge in [-0.2, -0.15) is 8.42 Å². The third-order valence-corrected chi connectivity index (χ3v) is 5.04. The quantitative estimate of drug-likeness (QED) is 0.684. The van der Waals surface area contributed by atoms with Crippen LogP contribution in [0.5, 0.6) is 5.75 Å². The molecule has 3 aromatic rings. The zero-order valence-electron chi connectivity index (χ0n) is 12.7. The summed E-state index contributed by atoms with van der Waals surface area (Å²) in [6.07, 6.45) is 0.391. The topological polar surface area (TPSA) is 107 Å². The highest BCUT2D eigenvalue weighted by molar-refractivity contribution is 7.92. The van der Waals surface area contributed by atoms with Crippen molar-refractivity contribution >= 4 is 27.0 Å². The largest absolute Gasteiger partial charge is 0.485 e. The number of nitrogens with one attached hydrogen (secondary N) is 1. The summed E-state index contributed by atoms with van der Waals surface area (Å²) in [5.41, 5.74) is 3.05. The van der Waals surface area contributed by atoms with Gasteiger partial charge in [-0.25, -0.2) is 9.61 Å². The second kappa shape index (κ2) is 6.97. The van der Waals surface area contributed by atoms with Gasteiger partial charge in [-0.05, 0) is 23.7 Å². The SMILES string of the molecule is CCc1nonc1S(=O)(=O)Nc1ccccc1OCc1cscn1. The van der Waals surface area contributed by atoms with Crippen LogP contribution in [0.3, 0.4) is 0 Å². The van der Waals surface area contributed by atoms with Crippen molar-refractivity contribution in [1.82, 2.24) is 15.3 Å². The number of hydrogen-bond donors (Lipinski definition) is 1. The third kappa shape index (κ3) is 3.54. The van der Waals surface area contributed by atoms with E-state index in [4.69, 9.17) is 4.74 Å². The molecule has 0 saturated heterocycles. The van der Waals surface area contributed by atoms with Gasteiger partial charge in [0.1, 0.15) is 18.1 Å². The van der Waals surface area contributed by atoms with Gasteiger partial charge in [0.15, 0.2) is 0 Å². The summed E-state index contributed by atoms with van der Waals surface area (Å²) in [4.78, 5) is 4.12. The van der Waals surface area contributed by atoms with Gasteiger partial charge in [0, 0.05) is 5.38 Å². The van der Waals surface area contributed by atoms with Crippen LogP contribution in [0.1, 0.15) is 18.3 Å². The van der Waals surface area contributed by atoms with Crippen molar-refractivity contribution in [3.8, 4) is 5.75 Å². The number of anilines is 1. The van der Waals surface area contributed by atoms with Crippen molar-refractivity contribution in [3.05, 3.63) is 46.5 Å². The predicted molar refractivity (Wildman–Crippen MR) is 87.4 cm³/mol. The molecule has 24 heavy (non-hydrogen) atoms. The summed E-state index contributed by atoms with van der Waals surface area (Å²) < 4.78 is 37.6. The van der Waals surface area contributed by atoms with Crippen LogP contribution in [-0.4, -0.2) is 23.7 Å². The van der Waals surface area contributed by atoms with Crippen LogP contribution in [0.25, 0.3) is 0 Å². The monoisotopic (exact) mass is 366 g/mol. The Hall–Kier alpha value is -2.46. The van der Waals surface area contributed by atoms with Crippen LogP contribution < -0.4 is 9.46 Å². The number of ether oxygens (including phenoxy) is 1. The van der Waals surface area contributed by atoms with Gasteiger partial charge in [0.25, 0.3) is 10.0 Å². The molecule has 0 fully saturated rings. The Labute approximate surface area is 142 Å². The van der Waals surface area contributed by atoms with E-state index in [2.05, 4.69) is 24.6 Å². The Morgan fingerprint density at radius 1 is 1.29 bits per heavy atom. The Balaban J connectivity index is 1.82. The molecule has 0 bridgehead atoms. The first-order valence-corrected chi connectivity index (χ1v) is 9.46. The normalized spacial score (nSPS) is 11.4. The smallest absolute Gasteiger partial charge is 0.285 e. The Morgan fingerprint density at radius 3 is 2.88 bits per heavy atom. The highest BCUT2D eigenvalue weighted by atomic mass is 32.2. The zero-order valence-corrected chi connectivity index (χ0v) is 14.3. The number of sulfonamides is 1. The lowest BCUT2D eigenvalue weighted by atomic mass is 10.3. The summed E-state index contributed by atoms with van der Waals surface area (Å²) in [6, 6.07) is 6.73. The molecule has 0 unspecified atom stereocenters. The van der Waals surface area contributed by atoms with E-state index in [1.54, 1.807) is 36.7 Å². The number of rotatable bonds is 7. The summed E-state index contributed by atoms with van der Waals surface area (Å²) >= 11 is 1.46. The lowest BCUT2D eigenvalue weighted by Crippen LogP contribution is -2.16. The van der Waals surface area contributed by atoms with E-state index in [-0.39, 0.29) is 17.3 Å². The van der Waals surface area contributed by atoms with Crippen LogP contribution in [0, 0.1) is 0 Å². The van der Waals surface area contributed by atoms with E-state index in [9.17, 15) is 8.42 Å². The van der Waals surface area contributed by atoms with Gasteiger partial charge in [0.05, 0.1) is 16.9 Å². The van der Waals surface area contributed by atoms with Crippen molar-refractivity contribution < 1.29 is 17.8 Å². The number of para-hydroxylation sites is 2.